The van der Waals surface area contributed by atoms with Crippen LogP contribution in [-0.4, -0.2) is 66.2 Å². The molecule has 8 nitrogen and oxygen atoms in total. The fraction of sp³-hybridized carbons (Fsp3) is 0.550. The third-order valence-electron chi connectivity index (χ3n) is 6.06. The van der Waals surface area contributed by atoms with Crippen molar-refractivity contribution in [2.45, 2.75) is 37.8 Å². The zero-order valence-electron chi connectivity index (χ0n) is 17.2. The summed E-state index contributed by atoms with van der Waals surface area (Å²) in [6, 6.07) is 5.64. The number of hydrogen-bond acceptors (Lipinski definition) is 7. The van der Waals surface area contributed by atoms with Crippen LogP contribution in [0.3, 0.4) is 0 Å². The first-order valence-electron chi connectivity index (χ1n) is 10.1. The van der Waals surface area contributed by atoms with Gasteiger partial charge in [0.15, 0.2) is 11.6 Å². The average Bonchev–Trinajstić information content (AvgIpc) is 3.51. The summed E-state index contributed by atoms with van der Waals surface area (Å²) in [4.78, 5) is 15.8. The zero-order chi connectivity index (χ0) is 20.6. The second-order valence-electron chi connectivity index (χ2n) is 8.16. The molecule has 0 spiro atoms. The second-order valence-corrected chi connectivity index (χ2v) is 8.16. The fourth-order valence-corrected chi connectivity index (χ4v) is 4.01. The minimum Gasteiger partial charge on any atom is -0.494 e. The van der Waals surface area contributed by atoms with Crippen molar-refractivity contribution >= 4 is 23.5 Å². The van der Waals surface area contributed by atoms with Crippen LogP contribution < -0.4 is 20.3 Å². The van der Waals surface area contributed by atoms with Crippen LogP contribution in [0.15, 0.2) is 18.2 Å². The third kappa shape index (κ3) is 3.97. The van der Waals surface area contributed by atoms with Crippen LogP contribution in [0.1, 0.15) is 25.7 Å². The molecule has 0 amide bonds. The Bertz CT molecular complexity index is 883. The van der Waals surface area contributed by atoms with Gasteiger partial charge >= 0.3 is 5.95 Å². The Morgan fingerprint density at radius 2 is 1.90 bits per heavy atom. The molecule has 9 heteroatoms. The summed E-state index contributed by atoms with van der Waals surface area (Å²) in [5.74, 6) is 1.00. The number of halogens is 1. The third-order valence-corrected chi connectivity index (χ3v) is 6.06. The van der Waals surface area contributed by atoms with Gasteiger partial charge in [0.2, 0.25) is 11.9 Å². The summed E-state index contributed by atoms with van der Waals surface area (Å²) in [7, 11) is 5.62. The van der Waals surface area contributed by atoms with Gasteiger partial charge in [-0.25, -0.2) is 8.87 Å². The topological polar surface area (TPSA) is 89.2 Å². The lowest BCUT2D eigenvalue weighted by Crippen LogP contribution is -2.54. The van der Waals surface area contributed by atoms with E-state index in [-0.39, 0.29) is 22.2 Å². The minimum absolute atomic E-state index is 0.171. The molecule has 2 aromatic rings. The van der Waals surface area contributed by atoms with Crippen LogP contribution in [0.4, 0.5) is 27.9 Å². The summed E-state index contributed by atoms with van der Waals surface area (Å²) >= 11 is 0. The minimum atomic E-state index is -0.402. The van der Waals surface area contributed by atoms with E-state index < -0.39 is 5.82 Å². The van der Waals surface area contributed by atoms with E-state index in [1.807, 2.05) is 13.1 Å². The number of piperidine rings is 1. The van der Waals surface area contributed by atoms with E-state index in [9.17, 15) is 4.39 Å². The van der Waals surface area contributed by atoms with Crippen LogP contribution in [0, 0.1) is 5.82 Å². The van der Waals surface area contributed by atoms with Gasteiger partial charge in [-0.05, 0) is 26.0 Å². The molecule has 3 N–H and O–H groups in total. The highest BCUT2D eigenvalue weighted by molar-refractivity contribution is 5.56. The molecule has 1 atom stereocenters. The van der Waals surface area contributed by atoms with Gasteiger partial charge in [-0.2, -0.15) is 4.98 Å². The highest BCUT2D eigenvalue weighted by Crippen LogP contribution is 2.39. The summed E-state index contributed by atoms with van der Waals surface area (Å²) in [6.07, 6.45) is 4.09. The van der Waals surface area contributed by atoms with Gasteiger partial charge in [0.1, 0.15) is 11.7 Å². The maximum Gasteiger partial charge on any atom is 0.340 e. The van der Waals surface area contributed by atoms with E-state index >= 15 is 0 Å². The van der Waals surface area contributed by atoms with Crippen molar-refractivity contribution in [3.05, 3.63) is 24.0 Å². The highest BCUT2D eigenvalue weighted by atomic mass is 19.1. The van der Waals surface area contributed by atoms with Crippen LogP contribution in [0.5, 0.6) is 5.75 Å². The van der Waals surface area contributed by atoms with Crippen molar-refractivity contribution in [3.63, 3.8) is 0 Å². The SMILES string of the molecule is COc1ccc([N+](C)(c2nc(N)nc(NC3CC3)n2)C2CCN(C)CC2)cc1F. The molecule has 1 aliphatic heterocycles. The number of hydrogen-bond donors (Lipinski definition) is 2. The molecule has 2 heterocycles. The molecule has 0 bridgehead atoms. The van der Waals surface area contributed by atoms with Crippen molar-refractivity contribution in [3.8, 4) is 5.75 Å². The summed E-state index contributed by atoms with van der Waals surface area (Å²) in [5, 5.41) is 3.31. The van der Waals surface area contributed by atoms with Crippen LogP contribution in [0.25, 0.3) is 0 Å². The van der Waals surface area contributed by atoms with Crippen LogP contribution >= 0.6 is 0 Å². The maximum atomic E-state index is 14.6. The molecule has 1 aliphatic carbocycles. The number of anilines is 2. The number of methoxy groups -OCH3 is 1. The number of rotatable bonds is 6. The molecule has 1 unspecified atom stereocenters. The molecule has 2 fully saturated rings. The lowest BCUT2D eigenvalue weighted by molar-refractivity contribution is 0.180. The van der Waals surface area contributed by atoms with Crippen LogP contribution in [0.2, 0.25) is 0 Å². The summed E-state index contributed by atoms with van der Waals surface area (Å²) < 4.78 is 20.0. The molecular weight excluding hydrogens is 373 g/mol. The van der Waals surface area contributed by atoms with E-state index in [4.69, 9.17) is 15.5 Å². The molecule has 1 aromatic heterocycles. The number of quaternary nitrogens is 1. The first-order chi connectivity index (χ1) is 13.9. The average molecular weight is 402 g/mol. The van der Waals surface area contributed by atoms with Gasteiger partial charge in [0.05, 0.1) is 14.2 Å². The number of aromatic nitrogens is 3. The number of nitrogens with one attached hydrogen (secondary N) is 1. The molecule has 156 valence electrons. The quantitative estimate of drug-likeness (QED) is 0.718. The number of likely N-dealkylation sites (tertiary alicyclic amines) is 1. The first-order valence-corrected chi connectivity index (χ1v) is 10.1. The Labute approximate surface area is 170 Å². The molecule has 2 aliphatic rings. The molecule has 0 radical (unpaired) electrons. The van der Waals surface area contributed by atoms with Crippen LogP contribution in [-0.2, 0) is 0 Å². The van der Waals surface area contributed by atoms with Crippen molar-refractivity contribution in [2.75, 3.05) is 45.3 Å². The van der Waals surface area contributed by atoms with Gasteiger partial charge in [-0.15, -0.1) is 9.97 Å². The second kappa shape index (κ2) is 7.72. The largest absolute Gasteiger partial charge is 0.494 e. The fourth-order valence-electron chi connectivity index (χ4n) is 4.01. The predicted molar refractivity (Wildman–Crippen MR) is 112 cm³/mol. The van der Waals surface area contributed by atoms with Gasteiger partial charge in [0.25, 0.3) is 0 Å². The number of nitrogen functional groups attached to an aromatic ring is 1. The van der Waals surface area contributed by atoms with E-state index in [2.05, 4.69) is 27.2 Å². The Morgan fingerprint density at radius 3 is 2.52 bits per heavy atom. The molecule has 4 rings (SSSR count). The first kappa shape index (κ1) is 19.8. The molecule has 1 saturated carbocycles. The highest BCUT2D eigenvalue weighted by Gasteiger charge is 2.43. The summed E-state index contributed by atoms with van der Waals surface area (Å²) in [5.41, 5.74) is 6.81. The Kier molecular flexibility index (Phi) is 5.26. The molecule has 1 saturated heterocycles. The standard InChI is InChI=1S/C20H29FN7O/c1-27-10-8-14(9-11-27)28(2,15-6-7-17(29-3)16(21)12-15)20-25-18(22)24-19(26-20)23-13-4-5-13/h6-7,12-14H,4-5,8-11H2,1-3H3,(H3,22,23,24,25,26)/q+1. The lowest BCUT2D eigenvalue weighted by Gasteiger charge is -2.42. The van der Waals surface area contributed by atoms with E-state index in [1.54, 1.807) is 6.07 Å². The van der Waals surface area contributed by atoms with Crippen molar-refractivity contribution < 1.29 is 9.13 Å². The normalized spacial score (nSPS) is 20.3. The van der Waals surface area contributed by atoms with E-state index in [0.717, 1.165) is 44.5 Å². The number of benzene rings is 1. The molecule has 1 aromatic carbocycles. The van der Waals surface area contributed by atoms with Crippen molar-refractivity contribution in [1.82, 2.24) is 24.3 Å². The monoisotopic (exact) mass is 402 g/mol. The van der Waals surface area contributed by atoms with Gasteiger partial charge in [-0.1, -0.05) is 0 Å². The molecule has 29 heavy (non-hydrogen) atoms. The zero-order valence-corrected chi connectivity index (χ0v) is 17.2. The van der Waals surface area contributed by atoms with Crippen molar-refractivity contribution in [1.29, 1.82) is 0 Å². The lowest BCUT2D eigenvalue weighted by atomic mass is 10.00. The van der Waals surface area contributed by atoms with E-state index in [1.165, 1.54) is 13.2 Å². The van der Waals surface area contributed by atoms with Crippen molar-refractivity contribution in [2.24, 2.45) is 0 Å². The Morgan fingerprint density at radius 1 is 1.17 bits per heavy atom. The van der Waals surface area contributed by atoms with Gasteiger partial charge in [-0.3, -0.25) is 0 Å². The number of nitrogens with two attached hydrogens (primary N) is 1. The Balaban J connectivity index is 1.80. The van der Waals surface area contributed by atoms with E-state index in [0.29, 0.717) is 17.9 Å². The van der Waals surface area contributed by atoms with Gasteiger partial charge < -0.3 is 20.7 Å². The number of ether oxygens (including phenoxy) is 1. The Hall–Kier alpha value is -2.52. The summed E-state index contributed by atoms with van der Waals surface area (Å²) in [6.45, 7) is 1.93. The number of nitrogens with zero attached hydrogens (tertiary/aromatic N) is 5. The smallest absolute Gasteiger partial charge is 0.340 e. The van der Waals surface area contributed by atoms with Gasteiger partial charge in [0, 0.05) is 44.1 Å². The predicted octanol–water partition coefficient (Wildman–Crippen LogP) is 2.54. The maximum absolute atomic E-state index is 14.6. The molecular formula is C20H29FN7O+.